The van der Waals surface area contributed by atoms with Crippen LogP contribution in [0.4, 0.5) is 11.4 Å². The van der Waals surface area contributed by atoms with Crippen molar-refractivity contribution in [2.75, 3.05) is 75.7 Å². The Labute approximate surface area is 180 Å². The van der Waals surface area contributed by atoms with Crippen LogP contribution in [0.5, 0.6) is 0 Å². The van der Waals surface area contributed by atoms with E-state index in [9.17, 15) is 9.59 Å². The van der Waals surface area contributed by atoms with E-state index < -0.39 is 0 Å². The molecule has 2 amide bonds. The van der Waals surface area contributed by atoms with Crippen LogP contribution in [-0.4, -0.2) is 92.0 Å². The van der Waals surface area contributed by atoms with Gasteiger partial charge in [-0.05, 0) is 56.4 Å². The third kappa shape index (κ3) is 5.73. The molecule has 7 nitrogen and oxygen atoms in total. The van der Waals surface area contributed by atoms with E-state index in [1.165, 1.54) is 24.9 Å². The zero-order chi connectivity index (χ0) is 20.8. The molecule has 1 aromatic rings. The SMILES string of the molecule is O=C(CN1CCN(CC(=O)N2CCCC2)CC1)Nc1ccc(N2CCCCC2)cc1. The summed E-state index contributed by atoms with van der Waals surface area (Å²) < 4.78 is 0. The van der Waals surface area contributed by atoms with E-state index in [-0.39, 0.29) is 11.8 Å². The fourth-order valence-electron chi connectivity index (χ4n) is 4.67. The second kappa shape index (κ2) is 10.3. The van der Waals surface area contributed by atoms with Crippen LogP contribution in [0.1, 0.15) is 32.1 Å². The normalized spacial score (nSPS) is 21.1. The van der Waals surface area contributed by atoms with Crippen LogP contribution in [0.15, 0.2) is 24.3 Å². The molecule has 1 aromatic carbocycles. The number of piperazine rings is 1. The van der Waals surface area contributed by atoms with E-state index in [2.05, 4.69) is 32.1 Å². The molecule has 3 heterocycles. The monoisotopic (exact) mass is 413 g/mol. The largest absolute Gasteiger partial charge is 0.372 e. The van der Waals surface area contributed by atoms with Crippen molar-refractivity contribution >= 4 is 23.2 Å². The number of carbonyl (C=O) groups is 2. The summed E-state index contributed by atoms with van der Waals surface area (Å²) in [6.45, 7) is 8.35. The van der Waals surface area contributed by atoms with E-state index in [0.717, 1.165) is 70.9 Å². The summed E-state index contributed by atoms with van der Waals surface area (Å²) in [5, 5.41) is 3.03. The van der Waals surface area contributed by atoms with Crippen molar-refractivity contribution in [1.29, 1.82) is 0 Å². The fraction of sp³-hybridized carbons (Fsp3) is 0.652. The van der Waals surface area contributed by atoms with E-state index in [4.69, 9.17) is 0 Å². The molecule has 0 spiro atoms. The van der Waals surface area contributed by atoms with Crippen LogP contribution in [0.3, 0.4) is 0 Å². The molecular weight excluding hydrogens is 378 g/mol. The summed E-state index contributed by atoms with van der Waals surface area (Å²) in [6.07, 6.45) is 6.12. The van der Waals surface area contributed by atoms with Crippen LogP contribution in [-0.2, 0) is 9.59 Å². The average Bonchev–Trinajstić information content (AvgIpc) is 3.31. The van der Waals surface area contributed by atoms with Crippen LogP contribution in [0, 0.1) is 0 Å². The molecule has 0 bridgehead atoms. The van der Waals surface area contributed by atoms with Gasteiger partial charge < -0.3 is 15.1 Å². The second-order valence-corrected chi connectivity index (χ2v) is 8.78. The lowest BCUT2D eigenvalue weighted by Gasteiger charge is -2.34. The Morgan fingerprint density at radius 2 is 1.27 bits per heavy atom. The highest BCUT2D eigenvalue weighted by atomic mass is 16.2. The molecule has 164 valence electrons. The highest BCUT2D eigenvalue weighted by Gasteiger charge is 2.24. The topological polar surface area (TPSA) is 59.1 Å². The van der Waals surface area contributed by atoms with E-state index in [1.807, 2.05) is 17.0 Å². The molecule has 0 aromatic heterocycles. The van der Waals surface area contributed by atoms with Gasteiger partial charge in [-0.3, -0.25) is 19.4 Å². The van der Waals surface area contributed by atoms with Crippen LogP contribution < -0.4 is 10.2 Å². The molecule has 3 aliphatic rings. The van der Waals surface area contributed by atoms with E-state index in [0.29, 0.717) is 13.1 Å². The maximum atomic E-state index is 12.5. The summed E-state index contributed by atoms with van der Waals surface area (Å²) in [6, 6.07) is 8.22. The summed E-state index contributed by atoms with van der Waals surface area (Å²) in [7, 11) is 0. The molecule has 3 saturated heterocycles. The molecule has 0 saturated carbocycles. The van der Waals surface area contributed by atoms with Gasteiger partial charge in [0.25, 0.3) is 0 Å². The number of nitrogens with zero attached hydrogens (tertiary/aromatic N) is 4. The Morgan fingerprint density at radius 1 is 0.700 bits per heavy atom. The first-order valence-electron chi connectivity index (χ1n) is 11.5. The van der Waals surface area contributed by atoms with Gasteiger partial charge in [0.15, 0.2) is 0 Å². The van der Waals surface area contributed by atoms with Crippen LogP contribution in [0.25, 0.3) is 0 Å². The van der Waals surface area contributed by atoms with E-state index >= 15 is 0 Å². The molecule has 0 unspecified atom stereocenters. The lowest BCUT2D eigenvalue weighted by Crippen LogP contribution is -2.51. The van der Waals surface area contributed by atoms with E-state index in [1.54, 1.807) is 0 Å². The first kappa shape index (κ1) is 21.1. The van der Waals surface area contributed by atoms with Crippen molar-refractivity contribution < 1.29 is 9.59 Å². The standard InChI is InChI=1S/C23H35N5O2/c29-22(24-20-6-8-21(9-7-20)27-10-2-1-3-11-27)18-25-14-16-26(17-15-25)19-23(30)28-12-4-5-13-28/h6-9H,1-5,10-19H2,(H,24,29). The van der Waals surface area contributed by atoms with Gasteiger partial charge in [0.2, 0.25) is 11.8 Å². The number of nitrogens with one attached hydrogen (secondary N) is 1. The van der Waals surface area contributed by atoms with Crippen molar-refractivity contribution in [1.82, 2.24) is 14.7 Å². The van der Waals surface area contributed by atoms with Gasteiger partial charge in [0.05, 0.1) is 13.1 Å². The van der Waals surface area contributed by atoms with Gasteiger partial charge in [-0.15, -0.1) is 0 Å². The lowest BCUT2D eigenvalue weighted by molar-refractivity contribution is -0.132. The van der Waals surface area contributed by atoms with Crippen molar-refractivity contribution in [3.05, 3.63) is 24.3 Å². The minimum Gasteiger partial charge on any atom is -0.372 e. The maximum absolute atomic E-state index is 12.5. The van der Waals surface area contributed by atoms with Gasteiger partial charge in [-0.1, -0.05) is 0 Å². The molecule has 4 rings (SSSR count). The van der Waals surface area contributed by atoms with Gasteiger partial charge in [0, 0.05) is 63.7 Å². The highest BCUT2D eigenvalue weighted by Crippen LogP contribution is 2.21. The number of anilines is 2. The molecule has 3 fully saturated rings. The quantitative estimate of drug-likeness (QED) is 0.771. The van der Waals surface area contributed by atoms with Gasteiger partial charge in [0.1, 0.15) is 0 Å². The molecule has 0 atom stereocenters. The molecular formula is C23H35N5O2. The predicted octanol–water partition coefficient (Wildman–Crippen LogP) is 1.86. The van der Waals surface area contributed by atoms with Crippen molar-refractivity contribution in [2.24, 2.45) is 0 Å². The molecule has 0 radical (unpaired) electrons. The van der Waals surface area contributed by atoms with Gasteiger partial charge in [-0.25, -0.2) is 0 Å². The molecule has 0 aliphatic carbocycles. The number of hydrogen-bond donors (Lipinski definition) is 1. The minimum atomic E-state index is 0.0299. The Bertz CT molecular complexity index is 703. The average molecular weight is 414 g/mol. The summed E-state index contributed by atoms with van der Waals surface area (Å²) in [5.74, 6) is 0.286. The highest BCUT2D eigenvalue weighted by molar-refractivity contribution is 5.92. The lowest BCUT2D eigenvalue weighted by atomic mass is 10.1. The molecule has 3 aliphatic heterocycles. The Hall–Kier alpha value is -2.12. The smallest absolute Gasteiger partial charge is 0.238 e. The Morgan fingerprint density at radius 3 is 1.90 bits per heavy atom. The third-order valence-corrected chi connectivity index (χ3v) is 6.52. The van der Waals surface area contributed by atoms with Crippen molar-refractivity contribution in [3.63, 3.8) is 0 Å². The van der Waals surface area contributed by atoms with Crippen molar-refractivity contribution in [2.45, 2.75) is 32.1 Å². The minimum absolute atomic E-state index is 0.0299. The van der Waals surface area contributed by atoms with Crippen LogP contribution in [0.2, 0.25) is 0 Å². The Balaban J connectivity index is 1.17. The molecule has 30 heavy (non-hydrogen) atoms. The first-order valence-corrected chi connectivity index (χ1v) is 11.5. The Kier molecular flexibility index (Phi) is 7.23. The summed E-state index contributed by atoms with van der Waals surface area (Å²) in [5.41, 5.74) is 2.10. The predicted molar refractivity (Wildman–Crippen MR) is 120 cm³/mol. The molecule has 1 N–H and O–H groups in total. The zero-order valence-electron chi connectivity index (χ0n) is 18.0. The summed E-state index contributed by atoms with van der Waals surface area (Å²) >= 11 is 0. The summed E-state index contributed by atoms with van der Waals surface area (Å²) in [4.78, 5) is 33.6. The van der Waals surface area contributed by atoms with Crippen molar-refractivity contribution in [3.8, 4) is 0 Å². The number of hydrogen-bond acceptors (Lipinski definition) is 5. The number of rotatable bonds is 6. The van der Waals surface area contributed by atoms with Gasteiger partial charge in [-0.2, -0.15) is 0 Å². The number of benzene rings is 1. The van der Waals surface area contributed by atoms with Crippen LogP contribution >= 0.6 is 0 Å². The molecule has 7 heteroatoms. The number of carbonyl (C=O) groups excluding carboxylic acids is 2. The maximum Gasteiger partial charge on any atom is 0.238 e. The fourth-order valence-corrected chi connectivity index (χ4v) is 4.67. The number of likely N-dealkylation sites (tertiary alicyclic amines) is 1. The van der Waals surface area contributed by atoms with Gasteiger partial charge >= 0.3 is 0 Å². The first-order chi connectivity index (χ1) is 14.7. The number of piperidine rings is 1. The zero-order valence-corrected chi connectivity index (χ0v) is 18.0. The number of amides is 2. The third-order valence-electron chi connectivity index (χ3n) is 6.52. The second-order valence-electron chi connectivity index (χ2n) is 8.78.